The SMILES string of the molecule is COc1cc(NC(=O)N(CC(=O)O)CC(C)C)ccc1Br. The van der Waals surface area contributed by atoms with Gasteiger partial charge in [0.1, 0.15) is 12.3 Å². The quantitative estimate of drug-likeness (QED) is 0.818. The molecule has 1 aromatic carbocycles. The van der Waals surface area contributed by atoms with E-state index in [2.05, 4.69) is 21.2 Å². The second-order valence-corrected chi connectivity index (χ2v) is 5.80. The van der Waals surface area contributed by atoms with Crippen molar-refractivity contribution in [1.29, 1.82) is 0 Å². The number of ether oxygens (including phenoxy) is 1. The summed E-state index contributed by atoms with van der Waals surface area (Å²) >= 11 is 3.33. The molecule has 0 atom stereocenters. The van der Waals surface area contributed by atoms with Crippen molar-refractivity contribution in [3.63, 3.8) is 0 Å². The van der Waals surface area contributed by atoms with Crippen LogP contribution in [0.1, 0.15) is 13.8 Å². The smallest absolute Gasteiger partial charge is 0.323 e. The summed E-state index contributed by atoms with van der Waals surface area (Å²) in [7, 11) is 1.53. The Labute approximate surface area is 132 Å². The minimum absolute atomic E-state index is 0.176. The molecule has 0 radical (unpaired) electrons. The summed E-state index contributed by atoms with van der Waals surface area (Å²) in [6.45, 7) is 3.87. The van der Waals surface area contributed by atoms with E-state index in [4.69, 9.17) is 9.84 Å². The number of nitrogens with one attached hydrogen (secondary N) is 1. The monoisotopic (exact) mass is 358 g/mol. The number of halogens is 1. The maximum atomic E-state index is 12.2. The summed E-state index contributed by atoms with van der Waals surface area (Å²) in [6.07, 6.45) is 0. The second kappa shape index (κ2) is 7.87. The van der Waals surface area contributed by atoms with Crippen LogP contribution in [0.3, 0.4) is 0 Å². The van der Waals surface area contributed by atoms with Gasteiger partial charge >= 0.3 is 12.0 Å². The van der Waals surface area contributed by atoms with E-state index in [-0.39, 0.29) is 12.5 Å². The predicted octanol–water partition coefficient (Wildman–Crippen LogP) is 3.03. The number of carboxylic acids is 1. The Morgan fingerprint density at radius 2 is 2.10 bits per heavy atom. The van der Waals surface area contributed by atoms with Crippen molar-refractivity contribution in [3.05, 3.63) is 22.7 Å². The lowest BCUT2D eigenvalue weighted by atomic mass is 10.2. The lowest BCUT2D eigenvalue weighted by Gasteiger charge is -2.23. The van der Waals surface area contributed by atoms with Crippen LogP contribution in [0.5, 0.6) is 5.75 Å². The molecule has 0 aliphatic rings. The fraction of sp³-hybridized carbons (Fsp3) is 0.429. The van der Waals surface area contributed by atoms with E-state index in [0.29, 0.717) is 18.0 Å². The molecule has 0 aliphatic heterocycles. The molecule has 0 unspecified atom stereocenters. The van der Waals surface area contributed by atoms with Gasteiger partial charge < -0.3 is 20.1 Å². The van der Waals surface area contributed by atoms with Gasteiger partial charge in [-0.3, -0.25) is 4.79 Å². The van der Waals surface area contributed by atoms with Gasteiger partial charge in [0.2, 0.25) is 0 Å². The molecule has 2 N–H and O–H groups in total. The van der Waals surface area contributed by atoms with Crippen LogP contribution in [-0.2, 0) is 4.79 Å². The molecule has 0 heterocycles. The minimum Gasteiger partial charge on any atom is -0.495 e. The number of rotatable bonds is 6. The number of anilines is 1. The minimum atomic E-state index is -1.04. The number of carbonyl (C=O) groups is 2. The number of benzene rings is 1. The maximum Gasteiger partial charge on any atom is 0.323 e. The zero-order chi connectivity index (χ0) is 16.0. The Morgan fingerprint density at radius 1 is 1.43 bits per heavy atom. The number of carboxylic acid groups (broad SMARTS) is 1. The van der Waals surface area contributed by atoms with Crippen molar-refractivity contribution in [1.82, 2.24) is 4.90 Å². The fourth-order valence-electron chi connectivity index (χ4n) is 1.76. The van der Waals surface area contributed by atoms with Gasteiger partial charge in [0.15, 0.2) is 0 Å². The molecule has 0 saturated carbocycles. The first-order valence-electron chi connectivity index (χ1n) is 6.44. The summed E-state index contributed by atoms with van der Waals surface area (Å²) in [5, 5.41) is 11.6. The number of hydrogen-bond acceptors (Lipinski definition) is 3. The van der Waals surface area contributed by atoms with E-state index >= 15 is 0 Å². The number of aliphatic carboxylic acids is 1. The summed E-state index contributed by atoms with van der Waals surface area (Å²) in [5.74, 6) is -0.282. The first kappa shape index (κ1) is 17.3. The van der Waals surface area contributed by atoms with Gasteiger partial charge in [-0.2, -0.15) is 0 Å². The number of urea groups is 1. The molecule has 0 fully saturated rings. The van der Waals surface area contributed by atoms with E-state index in [0.717, 1.165) is 4.47 Å². The number of amides is 2. The third-order valence-corrected chi connectivity index (χ3v) is 3.26. The molecule has 0 saturated heterocycles. The Morgan fingerprint density at radius 3 is 2.62 bits per heavy atom. The lowest BCUT2D eigenvalue weighted by molar-refractivity contribution is -0.137. The van der Waals surface area contributed by atoms with Crippen molar-refractivity contribution in [2.24, 2.45) is 5.92 Å². The van der Waals surface area contributed by atoms with Gasteiger partial charge in [0.05, 0.1) is 11.6 Å². The summed E-state index contributed by atoms with van der Waals surface area (Å²) in [4.78, 5) is 24.3. The largest absolute Gasteiger partial charge is 0.495 e. The van der Waals surface area contributed by atoms with Gasteiger partial charge in [0, 0.05) is 18.3 Å². The molecular formula is C14H19BrN2O4. The molecule has 0 aliphatic carbocycles. The van der Waals surface area contributed by atoms with Crippen LogP contribution < -0.4 is 10.1 Å². The van der Waals surface area contributed by atoms with Crippen molar-refractivity contribution < 1.29 is 19.4 Å². The van der Waals surface area contributed by atoms with Crippen LogP contribution in [0.4, 0.5) is 10.5 Å². The molecule has 1 aromatic rings. The van der Waals surface area contributed by atoms with Crippen LogP contribution in [0.15, 0.2) is 22.7 Å². The Bertz CT molecular complexity index is 520. The van der Waals surface area contributed by atoms with Crippen LogP contribution in [-0.4, -0.2) is 42.2 Å². The van der Waals surface area contributed by atoms with Gasteiger partial charge in [-0.15, -0.1) is 0 Å². The summed E-state index contributed by atoms with van der Waals surface area (Å²) < 4.78 is 5.92. The number of carbonyl (C=O) groups excluding carboxylic acids is 1. The van der Waals surface area contributed by atoms with E-state index in [9.17, 15) is 9.59 Å². The van der Waals surface area contributed by atoms with Crippen molar-refractivity contribution in [2.75, 3.05) is 25.5 Å². The Balaban J connectivity index is 2.82. The van der Waals surface area contributed by atoms with Gasteiger partial charge in [-0.25, -0.2) is 4.79 Å². The third-order valence-electron chi connectivity index (χ3n) is 2.60. The molecule has 0 aromatic heterocycles. The molecule has 6 nitrogen and oxygen atoms in total. The van der Waals surface area contributed by atoms with Crippen LogP contribution in [0.25, 0.3) is 0 Å². The molecule has 116 valence electrons. The third kappa shape index (κ3) is 5.63. The van der Waals surface area contributed by atoms with Crippen molar-refractivity contribution in [2.45, 2.75) is 13.8 Å². The fourth-order valence-corrected chi connectivity index (χ4v) is 2.17. The second-order valence-electron chi connectivity index (χ2n) is 4.95. The van der Waals surface area contributed by atoms with Crippen LogP contribution >= 0.6 is 15.9 Å². The molecule has 1 rings (SSSR count). The topological polar surface area (TPSA) is 78.9 Å². The normalized spacial score (nSPS) is 10.3. The zero-order valence-corrected chi connectivity index (χ0v) is 13.8. The van der Waals surface area contributed by atoms with Gasteiger partial charge in [-0.05, 0) is 34.0 Å². The van der Waals surface area contributed by atoms with Crippen molar-refractivity contribution >= 4 is 33.6 Å². The highest BCUT2D eigenvalue weighted by Gasteiger charge is 2.18. The molecule has 0 bridgehead atoms. The number of nitrogens with zero attached hydrogens (tertiary/aromatic N) is 1. The van der Waals surface area contributed by atoms with Gasteiger partial charge in [0.25, 0.3) is 0 Å². The standard InChI is InChI=1S/C14H19BrN2O4/c1-9(2)7-17(8-13(18)19)14(20)16-10-4-5-11(15)12(6-10)21-3/h4-6,9H,7-8H2,1-3H3,(H,16,20)(H,18,19). The molecular weight excluding hydrogens is 340 g/mol. The lowest BCUT2D eigenvalue weighted by Crippen LogP contribution is -2.40. The number of methoxy groups -OCH3 is 1. The van der Waals surface area contributed by atoms with E-state index in [1.54, 1.807) is 18.2 Å². The van der Waals surface area contributed by atoms with Crippen molar-refractivity contribution in [3.8, 4) is 5.75 Å². The van der Waals surface area contributed by atoms with Crippen LogP contribution in [0.2, 0.25) is 0 Å². The zero-order valence-electron chi connectivity index (χ0n) is 12.2. The maximum absolute atomic E-state index is 12.2. The summed E-state index contributed by atoms with van der Waals surface area (Å²) in [5.41, 5.74) is 0.541. The molecule has 21 heavy (non-hydrogen) atoms. The molecule has 7 heteroatoms. The first-order chi connectivity index (χ1) is 9.83. The summed E-state index contributed by atoms with van der Waals surface area (Å²) in [6, 6.07) is 4.67. The average molecular weight is 359 g/mol. The predicted molar refractivity (Wildman–Crippen MR) is 83.8 cm³/mol. The highest BCUT2D eigenvalue weighted by atomic mass is 79.9. The first-order valence-corrected chi connectivity index (χ1v) is 7.24. The van der Waals surface area contributed by atoms with Crippen LogP contribution in [0, 0.1) is 5.92 Å². The van der Waals surface area contributed by atoms with E-state index in [1.165, 1.54) is 12.0 Å². The molecule has 2 amide bonds. The van der Waals surface area contributed by atoms with E-state index < -0.39 is 12.0 Å². The van der Waals surface area contributed by atoms with Gasteiger partial charge in [-0.1, -0.05) is 13.8 Å². The van der Waals surface area contributed by atoms with E-state index in [1.807, 2.05) is 13.8 Å². The average Bonchev–Trinajstić information content (AvgIpc) is 2.39. The number of hydrogen-bond donors (Lipinski definition) is 2. The molecule has 0 spiro atoms. The highest BCUT2D eigenvalue weighted by Crippen LogP contribution is 2.27. The Hall–Kier alpha value is -1.76. The highest BCUT2D eigenvalue weighted by molar-refractivity contribution is 9.10. The Kier molecular flexibility index (Phi) is 6.48.